The van der Waals surface area contributed by atoms with Crippen molar-refractivity contribution in [3.63, 3.8) is 0 Å². The van der Waals surface area contributed by atoms with E-state index in [0.717, 1.165) is 5.52 Å². The topological polar surface area (TPSA) is 104 Å². The maximum absolute atomic E-state index is 12.0. The standard InChI is InChI=1S/C17H15N3O5/c1-20-14-7-6-11(10-13(14)18-19-20)16(22)24-8-9-25-17(23)12-4-2-3-5-15(12)21/h2-7,10,21H,8-9H2,1H3. The number of rotatable bonds is 5. The van der Waals surface area contributed by atoms with Crippen molar-refractivity contribution < 1.29 is 24.2 Å². The highest BCUT2D eigenvalue weighted by Gasteiger charge is 2.13. The van der Waals surface area contributed by atoms with Crippen LogP contribution in [0.1, 0.15) is 20.7 Å². The predicted octanol–water partition coefficient (Wildman–Crippen LogP) is 1.69. The number of phenolic OH excluding ortho intramolecular Hbond substituents is 1. The third-order valence-corrected chi connectivity index (χ3v) is 3.52. The van der Waals surface area contributed by atoms with Crippen LogP contribution in [0.3, 0.4) is 0 Å². The fourth-order valence-corrected chi connectivity index (χ4v) is 2.24. The molecule has 8 heteroatoms. The number of para-hydroxylation sites is 1. The van der Waals surface area contributed by atoms with Crippen molar-refractivity contribution >= 4 is 23.0 Å². The molecule has 0 saturated heterocycles. The number of ether oxygens (including phenoxy) is 2. The van der Waals surface area contributed by atoms with Crippen LogP contribution in [0, 0.1) is 0 Å². The second-order valence-corrected chi connectivity index (χ2v) is 5.21. The highest BCUT2D eigenvalue weighted by atomic mass is 16.6. The lowest BCUT2D eigenvalue weighted by Crippen LogP contribution is -2.14. The molecule has 1 heterocycles. The summed E-state index contributed by atoms with van der Waals surface area (Å²) in [6.07, 6.45) is 0. The van der Waals surface area contributed by atoms with E-state index in [9.17, 15) is 14.7 Å². The van der Waals surface area contributed by atoms with Crippen LogP contribution < -0.4 is 0 Å². The Kier molecular flexibility index (Phi) is 4.60. The number of carbonyl (C=O) groups excluding carboxylic acids is 2. The van der Waals surface area contributed by atoms with Gasteiger partial charge in [0.1, 0.15) is 30.0 Å². The minimum atomic E-state index is -0.685. The van der Waals surface area contributed by atoms with Crippen LogP contribution in [0.5, 0.6) is 5.75 Å². The first-order chi connectivity index (χ1) is 12.1. The molecule has 0 amide bonds. The second kappa shape index (κ2) is 7.00. The van der Waals surface area contributed by atoms with E-state index in [2.05, 4.69) is 10.3 Å². The van der Waals surface area contributed by atoms with Crippen LogP contribution in [-0.2, 0) is 16.5 Å². The molecule has 1 aromatic heterocycles. The lowest BCUT2D eigenvalue weighted by molar-refractivity contribution is 0.0264. The number of aromatic nitrogens is 3. The van der Waals surface area contributed by atoms with Crippen LogP contribution in [0.25, 0.3) is 11.0 Å². The van der Waals surface area contributed by atoms with E-state index in [0.29, 0.717) is 11.1 Å². The summed E-state index contributed by atoms with van der Waals surface area (Å²) < 4.78 is 11.6. The molecule has 3 rings (SSSR count). The smallest absolute Gasteiger partial charge is 0.342 e. The van der Waals surface area contributed by atoms with Gasteiger partial charge in [0.05, 0.1) is 11.1 Å². The van der Waals surface area contributed by atoms with Crippen molar-refractivity contribution in [1.29, 1.82) is 0 Å². The lowest BCUT2D eigenvalue weighted by Gasteiger charge is -2.07. The third kappa shape index (κ3) is 3.57. The largest absolute Gasteiger partial charge is 0.507 e. The molecule has 128 valence electrons. The van der Waals surface area contributed by atoms with Gasteiger partial charge in [0, 0.05) is 7.05 Å². The van der Waals surface area contributed by atoms with E-state index in [-0.39, 0.29) is 24.5 Å². The molecule has 0 aliphatic rings. The summed E-state index contributed by atoms with van der Waals surface area (Å²) in [4.78, 5) is 23.8. The molecular formula is C17H15N3O5. The summed E-state index contributed by atoms with van der Waals surface area (Å²) in [7, 11) is 1.76. The molecule has 0 atom stereocenters. The first-order valence-electron chi connectivity index (χ1n) is 7.48. The summed E-state index contributed by atoms with van der Waals surface area (Å²) in [5.74, 6) is -1.40. The summed E-state index contributed by atoms with van der Waals surface area (Å²) in [6, 6.07) is 11.0. The number of carbonyl (C=O) groups is 2. The van der Waals surface area contributed by atoms with Crippen molar-refractivity contribution in [3.05, 3.63) is 53.6 Å². The van der Waals surface area contributed by atoms with Gasteiger partial charge in [-0.2, -0.15) is 0 Å². The zero-order valence-corrected chi connectivity index (χ0v) is 13.4. The molecule has 0 saturated carbocycles. The molecule has 25 heavy (non-hydrogen) atoms. The first kappa shape index (κ1) is 16.4. The van der Waals surface area contributed by atoms with E-state index in [1.165, 1.54) is 12.1 Å². The van der Waals surface area contributed by atoms with E-state index in [1.807, 2.05) is 0 Å². The Morgan fingerprint density at radius 3 is 2.56 bits per heavy atom. The van der Waals surface area contributed by atoms with Gasteiger partial charge in [-0.3, -0.25) is 0 Å². The van der Waals surface area contributed by atoms with Crippen LogP contribution in [0.4, 0.5) is 0 Å². The fourth-order valence-electron chi connectivity index (χ4n) is 2.24. The fraction of sp³-hybridized carbons (Fsp3) is 0.176. The molecule has 0 unspecified atom stereocenters. The third-order valence-electron chi connectivity index (χ3n) is 3.52. The van der Waals surface area contributed by atoms with Crippen molar-refractivity contribution in [2.45, 2.75) is 0 Å². The number of hydrogen-bond acceptors (Lipinski definition) is 7. The molecule has 2 aromatic carbocycles. The van der Waals surface area contributed by atoms with E-state index >= 15 is 0 Å². The Hall–Kier alpha value is -3.42. The molecule has 0 spiro atoms. The number of esters is 2. The van der Waals surface area contributed by atoms with Crippen molar-refractivity contribution in [2.75, 3.05) is 13.2 Å². The number of aryl methyl sites for hydroxylation is 1. The number of fused-ring (bicyclic) bond motifs is 1. The Morgan fingerprint density at radius 2 is 1.80 bits per heavy atom. The van der Waals surface area contributed by atoms with Gasteiger partial charge in [0.25, 0.3) is 0 Å². The average Bonchev–Trinajstić information content (AvgIpc) is 2.99. The SMILES string of the molecule is Cn1nnc2cc(C(=O)OCCOC(=O)c3ccccc3O)ccc21. The summed E-state index contributed by atoms with van der Waals surface area (Å²) in [5, 5.41) is 17.4. The van der Waals surface area contributed by atoms with Gasteiger partial charge in [-0.05, 0) is 30.3 Å². The van der Waals surface area contributed by atoms with Gasteiger partial charge < -0.3 is 14.6 Å². The van der Waals surface area contributed by atoms with Crippen molar-refractivity contribution in [3.8, 4) is 5.75 Å². The van der Waals surface area contributed by atoms with Gasteiger partial charge in [-0.15, -0.1) is 5.10 Å². The molecule has 3 aromatic rings. The number of phenols is 1. The van der Waals surface area contributed by atoms with Crippen molar-refractivity contribution in [2.24, 2.45) is 7.05 Å². The van der Waals surface area contributed by atoms with E-state index in [1.54, 1.807) is 42.1 Å². The van der Waals surface area contributed by atoms with Gasteiger partial charge in [-0.1, -0.05) is 17.3 Å². The second-order valence-electron chi connectivity index (χ2n) is 5.21. The van der Waals surface area contributed by atoms with Crippen LogP contribution >= 0.6 is 0 Å². The van der Waals surface area contributed by atoms with Crippen LogP contribution in [0.2, 0.25) is 0 Å². The van der Waals surface area contributed by atoms with Gasteiger partial charge in [0.2, 0.25) is 0 Å². The average molecular weight is 341 g/mol. The van der Waals surface area contributed by atoms with E-state index in [4.69, 9.17) is 9.47 Å². The molecule has 8 nitrogen and oxygen atoms in total. The Labute approximate surface area is 142 Å². The molecule has 0 fully saturated rings. The molecule has 0 aliphatic heterocycles. The number of benzene rings is 2. The van der Waals surface area contributed by atoms with Gasteiger partial charge in [0.15, 0.2) is 0 Å². The summed E-state index contributed by atoms with van der Waals surface area (Å²) >= 11 is 0. The Balaban J connectivity index is 1.52. The normalized spacial score (nSPS) is 10.6. The summed E-state index contributed by atoms with van der Waals surface area (Å²) in [5.41, 5.74) is 1.78. The molecule has 0 bridgehead atoms. The predicted molar refractivity (Wildman–Crippen MR) is 87.2 cm³/mol. The highest BCUT2D eigenvalue weighted by molar-refractivity contribution is 5.93. The lowest BCUT2D eigenvalue weighted by atomic mass is 10.2. The van der Waals surface area contributed by atoms with Crippen molar-refractivity contribution in [1.82, 2.24) is 15.0 Å². The van der Waals surface area contributed by atoms with Crippen LogP contribution in [0.15, 0.2) is 42.5 Å². The van der Waals surface area contributed by atoms with Gasteiger partial charge >= 0.3 is 11.9 Å². The van der Waals surface area contributed by atoms with Crippen LogP contribution in [-0.4, -0.2) is 45.3 Å². The minimum Gasteiger partial charge on any atom is -0.507 e. The first-order valence-corrected chi connectivity index (χ1v) is 7.48. The highest BCUT2D eigenvalue weighted by Crippen LogP contribution is 2.16. The molecule has 1 N–H and O–H groups in total. The molecular weight excluding hydrogens is 326 g/mol. The zero-order chi connectivity index (χ0) is 17.8. The Morgan fingerprint density at radius 1 is 1.08 bits per heavy atom. The number of aromatic hydroxyl groups is 1. The number of nitrogens with zero attached hydrogens (tertiary/aromatic N) is 3. The maximum Gasteiger partial charge on any atom is 0.342 e. The Bertz CT molecular complexity index is 935. The monoisotopic (exact) mass is 341 g/mol. The maximum atomic E-state index is 12.0. The number of hydrogen-bond donors (Lipinski definition) is 1. The minimum absolute atomic E-state index is 0.0573. The molecule has 0 aliphatic carbocycles. The summed E-state index contributed by atoms with van der Waals surface area (Å²) in [6.45, 7) is -0.219. The zero-order valence-electron chi connectivity index (χ0n) is 13.4. The van der Waals surface area contributed by atoms with Gasteiger partial charge in [-0.25, -0.2) is 14.3 Å². The quantitative estimate of drug-likeness (QED) is 0.556. The van der Waals surface area contributed by atoms with E-state index < -0.39 is 11.9 Å². The molecule has 0 radical (unpaired) electrons.